The van der Waals surface area contributed by atoms with Gasteiger partial charge in [0.2, 0.25) is 5.95 Å². The number of aromatic amines is 1. The zero-order chi connectivity index (χ0) is 15.1. The predicted octanol–water partition coefficient (Wildman–Crippen LogP) is -2.03. The second-order valence-electron chi connectivity index (χ2n) is 4.71. The van der Waals surface area contributed by atoms with Crippen molar-refractivity contribution in [2.24, 2.45) is 0 Å². The molecule has 0 radical (unpaired) electrons. The van der Waals surface area contributed by atoms with Crippen molar-refractivity contribution in [3.05, 3.63) is 16.7 Å². The summed E-state index contributed by atoms with van der Waals surface area (Å²) in [5.41, 5.74) is 5.38. The Balaban J connectivity index is 2.10. The zero-order valence-corrected chi connectivity index (χ0v) is 11.1. The second kappa shape index (κ2) is 5.07. The maximum atomic E-state index is 11.8. The highest BCUT2D eigenvalue weighted by molar-refractivity contribution is 5.70. The molecule has 1 aliphatic heterocycles. The van der Waals surface area contributed by atoms with Crippen molar-refractivity contribution in [1.82, 2.24) is 19.5 Å². The number of ether oxygens (including phenoxy) is 2. The molecule has 1 unspecified atom stereocenters. The molecule has 114 valence electrons. The topological polar surface area (TPSA) is 149 Å². The lowest BCUT2D eigenvalue weighted by atomic mass is 10.1. The number of hydrogen-bond acceptors (Lipinski definition) is 8. The van der Waals surface area contributed by atoms with Crippen molar-refractivity contribution in [3.8, 4) is 0 Å². The van der Waals surface area contributed by atoms with Crippen molar-refractivity contribution in [3.63, 3.8) is 0 Å². The number of methoxy groups -OCH3 is 1. The Hall–Kier alpha value is -2.01. The molecule has 10 nitrogen and oxygen atoms in total. The molecule has 0 spiro atoms. The molecule has 0 aliphatic carbocycles. The third-order valence-corrected chi connectivity index (χ3v) is 3.49. The standard InChI is InChI=1S/C11H15N5O5/c1-20-7-6(18)4(2-17)21-10(7)16-3-13-5-8(16)14-11(12)15-9(5)19/h3-4,6-7,10,17-18H,2H2,1H3,(H3,12,14,15,19)/t4-,6?,7+,10-/m1/s1. The molecule has 4 atom stereocenters. The first-order valence-electron chi connectivity index (χ1n) is 6.26. The number of nitrogen functional groups attached to an aromatic ring is 1. The van der Waals surface area contributed by atoms with Crippen molar-refractivity contribution < 1.29 is 19.7 Å². The van der Waals surface area contributed by atoms with Crippen molar-refractivity contribution in [2.75, 3.05) is 19.5 Å². The van der Waals surface area contributed by atoms with E-state index in [1.807, 2.05) is 0 Å². The SMILES string of the molecule is CO[C@H]1C(O)[C@@H](CO)O[C@H]1n1cnc2c(=O)[nH]c(N)nc21. The number of nitrogens with one attached hydrogen (secondary N) is 1. The molecule has 0 amide bonds. The van der Waals surface area contributed by atoms with Gasteiger partial charge in [-0.25, -0.2) is 4.98 Å². The Morgan fingerprint density at radius 1 is 1.62 bits per heavy atom. The number of fused-ring (bicyclic) bond motifs is 1. The second-order valence-corrected chi connectivity index (χ2v) is 4.71. The number of H-pyrrole nitrogens is 1. The number of aliphatic hydroxyl groups is 2. The molecule has 1 aliphatic rings. The molecule has 0 saturated carbocycles. The van der Waals surface area contributed by atoms with E-state index in [0.717, 1.165) is 0 Å². The Morgan fingerprint density at radius 2 is 2.38 bits per heavy atom. The van der Waals surface area contributed by atoms with Gasteiger partial charge in [-0.15, -0.1) is 0 Å². The van der Waals surface area contributed by atoms with E-state index in [1.165, 1.54) is 18.0 Å². The number of aromatic nitrogens is 4. The molecule has 2 aromatic rings. The van der Waals surface area contributed by atoms with Crippen LogP contribution in [0.5, 0.6) is 0 Å². The van der Waals surface area contributed by atoms with E-state index in [-0.39, 0.29) is 23.7 Å². The minimum absolute atomic E-state index is 0.0551. The molecular weight excluding hydrogens is 282 g/mol. The number of imidazole rings is 1. The average Bonchev–Trinajstić information content (AvgIpc) is 2.99. The average molecular weight is 297 g/mol. The quantitative estimate of drug-likeness (QED) is 0.506. The molecule has 1 fully saturated rings. The van der Waals surface area contributed by atoms with E-state index < -0.39 is 30.1 Å². The first-order valence-corrected chi connectivity index (χ1v) is 6.26. The largest absolute Gasteiger partial charge is 0.394 e. The third-order valence-electron chi connectivity index (χ3n) is 3.49. The van der Waals surface area contributed by atoms with Crippen LogP contribution in [-0.2, 0) is 9.47 Å². The summed E-state index contributed by atoms with van der Waals surface area (Å²) in [6, 6.07) is 0. The van der Waals surface area contributed by atoms with Gasteiger partial charge in [0, 0.05) is 7.11 Å². The summed E-state index contributed by atoms with van der Waals surface area (Å²) in [6.07, 6.45) is -1.96. The molecule has 3 heterocycles. The van der Waals surface area contributed by atoms with Gasteiger partial charge in [-0.05, 0) is 0 Å². The van der Waals surface area contributed by atoms with Gasteiger partial charge in [-0.1, -0.05) is 0 Å². The summed E-state index contributed by atoms with van der Waals surface area (Å²) < 4.78 is 12.2. The van der Waals surface area contributed by atoms with Crippen LogP contribution in [0.1, 0.15) is 6.23 Å². The first-order chi connectivity index (χ1) is 10.1. The minimum atomic E-state index is -1.01. The molecule has 0 aromatic carbocycles. The summed E-state index contributed by atoms with van der Waals surface area (Å²) in [6.45, 7) is -0.361. The van der Waals surface area contributed by atoms with Crippen LogP contribution >= 0.6 is 0 Å². The normalized spacial score (nSPS) is 29.3. The minimum Gasteiger partial charge on any atom is -0.394 e. The van der Waals surface area contributed by atoms with E-state index in [9.17, 15) is 15.0 Å². The van der Waals surface area contributed by atoms with Crippen molar-refractivity contribution >= 4 is 17.1 Å². The fraction of sp³-hybridized carbons (Fsp3) is 0.545. The maximum absolute atomic E-state index is 11.8. The number of anilines is 1. The summed E-state index contributed by atoms with van der Waals surface area (Å²) in [5, 5.41) is 19.3. The summed E-state index contributed by atoms with van der Waals surface area (Å²) in [5.74, 6) is -0.0551. The lowest BCUT2D eigenvalue weighted by molar-refractivity contribution is -0.0583. The molecular formula is C11H15N5O5. The van der Waals surface area contributed by atoms with Crippen LogP contribution in [0.3, 0.4) is 0 Å². The lowest BCUT2D eigenvalue weighted by Crippen LogP contribution is -2.34. The van der Waals surface area contributed by atoms with Crippen LogP contribution in [0, 0.1) is 0 Å². The van der Waals surface area contributed by atoms with Gasteiger partial charge < -0.3 is 25.4 Å². The number of aliphatic hydroxyl groups excluding tert-OH is 2. The van der Waals surface area contributed by atoms with Gasteiger partial charge in [-0.2, -0.15) is 4.98 Å². The summed E-state index contributed by atoms with van der Waals surface area (Å²) in [7, 11) is 1.41. The van der Waals surface area contributed by atoms with Gasteiger partial charge in [0.1, 0.15) is 18.3 Å². The molecule has 10 heteroatoms. The number of nitrogens with two attached hydrogens (primary N) is 1. The number of rotatable bonds is 3. The summed E-state index contributed by atoms with van der Waals surface area (Å²) >= 11 is 0. The van der Waals surface area contributed by atoms with E-state index in [4.69, 9.17) is 15.2 Å². The van der Waals surface area contributed by atoms with Crippen LogP contribution < -0.4 is 11.3 Å². The number of hydrogen-bond donors (Lipinski definition) is 4. The van der Waals surface area contributed by atoms with Gasteiger partial charge in [0.05, 0.1) is 12.9 Å². The Kier molecular flexibility index (Phi) is 3.37. The smallest absolute Gasteiger partial charge is 0.280 e. The maximum Gasteiger partial charge on any atom is 0.280 e. The Bertz CT molecular complexity index is 713. The highest BCUT2D eigenvalue weighted by Crippen LogP contribution is 2.32. The van der Waals surface area contributed by atoms with Gasteiger partial charge in [-0.3, -0.25) is 14.3 Å². The Labute approximate surface area is 118 Å². The van der Waals surface area contributed by atoms with E-state index >= 15 is 0 Å². The van der Waals surface area contributed by atoms with Crippen molar-refractivity contribution in [1.29, 1.82) is 0 Å². The Morgan fingerprint density at radius 3 is 3.05 bits per heavy atom. The molecule has 3 rings (SSSR count). The van der Waals surface area contributed by atoms with E-state index in [0.29, 0.717) is 0 Å². The van der Waals surface area contributed by atoms with E-state index in [1.54, 1.807) is 0 Å². The van der Waals surface area contributed by atoms with Gasteiger partial charge >= 0.3 is 0 Å². The lowest BCUT2D eigenvalue weighted by Gasteiger charge is -2.19. The van der Waals surface area contributed by atoms with E-state index in [2.05, 4.69) is 15.0 Å². The molecule has 21 heavy (non-hydrogen) atoms. The predicted molar refractivity (Wildman–Crippen MR) is 70.4 cm³/mol. The van der Waals surface area contributed by atoms with Crippen LogP contribution in [0.4, 0.5) is 5.95 Å². The molecule has 0 bridgehead atoms. The monoisotopic (exact) mass is 297 g/mol. The van der Waals surface area contributed by atoms with Crippen LogP contribution in [0.25, 0.3) is 11.2 Å². The van der Waals surface area contributed by atoms with Crippen LogP contribution in [0.2, 0.25) is 0 Å². The van der Waals surface area contributed by atoms with Crippen LogP contribution in [-0.4, -0.2) is 61.8 Å². The van der Waals surface area contributed by atoms with Crippen LogP contribution in [0.15, 0.2) is 11.1 Å². The summed E-state index contributed by atoms with van der Waals surface area (Å²) in [4.78, 5) is 22.1. The fourth-order valence-electron chi connectivity index (χ4n) is 2.48. The van der Waals surface area contributed by atoms with Gasteiger partial charge in [0.15, 0.2) is 17.4 Å². The fourth-order valence-corrected chi connectivity index (χ4v) is 2.48. The highest BCUT2D eigenvalue weighted by Gasteiger charge is 2.45. The number of nitrogens with zero attached hydrogens (tertiary/aromatic N) is 3. The van der Waals surface area contributed by atoms with Gasteiger partial charge in [0.25, 0.3) is 5.56 Å². The molecule has 1 saturated heterocycles. The van der Waals surface area contributed by atoms with Crippen molar-refractivity contribution in [2.45, 2.75) is 24.5 Å². The molecule has 2 aromatic heterocycles. The third kappa shape index (κ3) is 2.08. The highest BCUT2D eigenvalue weighted by atomic mass is 16.6. The molecule has 5 N–H and O–H groups in total. The zero-order valence-electron chi connectivity index (χ0n) is 11.1. The first kappa shape index (κ1) is 13.9.